The molecule has 7 nitrogen and oxygen atoms in total. The number of alkyl halides is 5. The predicted molar refractivity (Wildman–Crippen MR) is 98.1 cm³/mol. The van der Waals surface area contributed by atoms with Gasteiger partial charge < -0.3 is 9.88 Å². The number of nitrogens with zero attached hydrogens (tertiary/aromatic N) is 5. The lowest BCUT2D eigenvalue weighted by atomic mass is 10.1. The number of carbonyl (C=O) groups excluding carboxylic acids is 1. The highest BCUT2D eigenvalue weighted by atomic mass is 19.4. The van der Waals surface area contributed by atoms with Gasteiger partial charge in [-0.05, 0) is 31.7 Å². The van der Waals surface area contributed by atoms with Gasteiger partial charge >= 0.3 is 6.18 Å². The molecule has 1 aliphatic rings. The maximum absolute atomic E-state index is 13.1. The molecule has 0 saturated heterocycles. The highest BCUT2D eigenvalue weighted by Gasteiger charge is 2.38. The van der Waals surface area contributed by atoms with Crippen LogP contribution in [0.5, 0.6) is 0 Å². The van der Waals surface area contributed by atoms with Crippen molar-refractivity contribution in [2.75, 3.05) is 0 Å². The van der Waals surface area contributed by atoms with Crippen LogP contribution in [-0.4, -0.2) is 30.4 Å². The number of aryl methyl sites for hydroxylation is 1. The number of hydrogen-bond acceptors (Lipinski definition) is 5. The Morgan fingerprint density at radius 1 is 1.19 bits per heavy atom. The zero-order chi connectivity index (χ0) is 22.3. The zero-order valence-corrected chi connectivity index (χ0v) is 16.2. The first-order valence-corrected chi connectivity index (χ1v) is 9.53. The van der Waals surface area contributed by atoms with Crippen LogP contribution in [0.3, 0.4) is 0 Å². The molecule has 0 unspecified atom stereocenters. The molecule has 3 heterocycles. The Bertz CT molecular complexity index is 1110. The molecule has 1 saturated carbocycles. The molecule has 0 bridgehead atoms. The summed E-state index contributed by atoms with van der Waals surface area (Å²) in [5, 5.41) is 2.79. The van der Waals surface area contributed by atoms with Crippen molar-refractivity contribution in [2.24, 2.45) is 5.92 Å². The van der Waals surface area contributed by atoms with Crippen LogP contribution >= 0.6 is 0 Å². The molecule has 3 aromatic rings. The molecule has 0 aromatic carbocycles. The normalized spacial score (nSPS) is 15.5. The molecule has 1 atom stereocenters. The van der Waals surface area contributed by atoms with E-state index in [9.17, 15) is 26.7 Å². The second-order valence-electron chi connectivity index (χ2n) is 7.19. The van der Waals surface area contributed by atoms with Crippen molar-refractivity contribution in [2.45, 2.75) is 45.0 Å². The van der Waals surface area contributed by atoms with Crippen molar-refractivity contribution in [1.82, 2.24) is 29.8 Å². The summed E-state index contributed by atoms with van der Waals surface area (Å²) in [6.45, 7) is 2.09. The van der Waals surface area contributed by atoms with E-state index < -0.39 is 35.9 Å². The van der Waals surface area contributed by atoms with Crippen molar-refractivity contribution in [3.63, 3.8) is 0 Å². The number of carbonyl (C=O) groups is 1. The molecule has 12 heteroatoms. The third kappa shape index (κ3) is 4.19. The average Bonchev–Trinajstić information content (AvgIpc) is 3.50. The molecule has 1 fully saturated rings. The number of amides is 1. The maximum atomic E-state index is 13.1. The van der Waals surface area contributed by atoms with E-state index in [1.165, 1.54) is 0 Å². The van der Waals surface area contributed by atoms with Crippen LogP contribution in [0.15, 0.2) is 24.7 Å². The molecule has 0 aliphatic heterocycles. The van der Waals surface area contributed by atoms with E-state index in [2.05, 4.69) is 25.3 Å². The molecule has 164 valence electrons. The molecule has 4 rings (SSSR count). The Morgan fingerprint density at radius 2 is 1.94 bits per heavy atom. The minimum absolute atomic E-state index is 0.0504. The molecule has 31 heavy (non-hydrogen) atoms. The molecule has 1 N–H and O–H groups in total. The van der Waals surface area contributed by atoms with Gasteiger partial charge in [0.15, 0.2) is 0 Å². The van der Waals surface area contributed by atoms with Crippen LogP contribution in [0.25, 0.3) is 11.0 Å². The summed E-state index contributed by atoms with van der Waals surface area (Å²) in [4.78, 5) is 27.8. The van der Waals surface area contributed by atoms with Crippen molar-refractivity contribution in [1.29, 1.82) is 0 Å². The largest absolute Gasteiger partial charge is 0.433 e. The van der Waals surface area contributed by atoms with Gasteiger partial charge in [-0.1, -0.05) is 0 Å². The van der Waals surface area contributed by atoms with Crippen LogP contribution in [0.2, 0.25) is 0 Å². The minimum atomic E-state index is -4.59. The first kappa shape index (κ1) is 21.1. The lowest BCUT2D eigenvalue weighted by Crippen LogP contribution is -2.32. The fourth-order valence-electron chi connectivity index (χ4n) is 3.38. The van der Waals surface area contributed by atoms with E-state index in [4.69, 9.17) is 0 Å². The second-order valence-corrected chi connectivity index (χ2v) is 7.19. The van der Waals surface area contributed by atoms with E-state index in [0.29, 0.717) is 12.4 Å². The van der Waals surface area contributed by atoms with Gasteiger partial charge in [-0.3, -0.25) is 9.78 Å². The third-order valence-corrected chi connectivity index (χ3v) is 5.06. The third-order valence-electron chi connectivity index (χ3n) is 5.06. The van der Waals surface area contributed by atoms with E-state index in [1.54, 1.807) is 11.5 Å². The summed E-state index contributed by atoms with van der Waals surface area (Å²) in [6, 6.07) is 0.362. The Kier molecular flexibility index (Phi) is 5.31. The van der Waals surface area contributed by atoms with Crippen molar-refractivity contribution in [3.05, 3.63) is 47.6 Å². The van der Waals surface area contributed by atoms with Crippen molar-refractivity contribution < 1.29 is 26.7 Å². The molecular weight excluding hydrogens is 423 g/mol. The van der Waals surface area contributed by atoms with Gasteiger partial charge in [-0.2, -0.15) is 13.2 Å². The topological polar surface area (TPSA) is 85.6 Å². The van der Waals surface area contributed by atoms with Gasteiger partial charge in [0.1, 0.15) is 28.4 Å². The smallest absolute Gasteiger partial charge is 0.340 e. The van der Waals surface area contributed by atoms with Gasteiger partial charge in [0.05, 0.1) is 30.1 Å². The molecular formula is C19H17F5N6O. The summed E-state index contributed by atoms with van der Waals surface area (Å²) in [5.41, 5.74) is -1.17. The first-order chi connectivity index (χ1) is 14.7. The van der Waals surface area contributed by atoms with E-state index in [1.807, 2.05) is 0 Å². The lowest BCUT2D eigenvalue weighted by molar-refractivity contribution is -0.141. The quantitative estimate of drug-likeness (QED) is 0.584. The number of nitrogens with one attached hydrogen (secondary N) is 1. The molecule has 0 spiro atoms. The first-order valence-electron chi connectivity index (χ1n) is 9.53. The van der Waals surface area contributed by atoms with Gasteiger partial charge in [0, 0.05) is 6.54 Å². The molecule has 1 amide bonds. The standard InChI is InChI=1S/C19H17F5N6O/c1-2-30-13-5-14(19(22,23)24)27-6-10(13)28-17(30)15(9-3-4-9)29-18(31)12-8-25-11(7-26-12)16(20)21/h5-9,15-16H,2-4H2,1H3,(H,29,31)/t15-/m0/s1. The van der Waals surface area contributed by atoms with Gasteiger partial charge in [0.2, 0.25) is 0 Å². The maximum Gasteiger partial charge on any atom is 0.433 e. The summed E-state index contributed by atoms with van der Waals surface area (Å²) in [6.07, 6.45) is -2.93. The van der Waals surface area contributed by atoms with Crippen LogP contribution in [-0.2, 0) is 12.7 Å². The molecule has 3 aromatic heterocycles. The summed E-state index contributed by atoms with van der Waals surface area (Å²) < 4.78 is 66.1. The predicted octanol–water partition coefficient (Wildman–Crippen LogP) is 4.08. The number of pyridine rings is 1. The second kappa shape index (κ2) is 7.82. The van der Waals surface area contributed by atoms with E-state index in [-0.39, 0.29) is 22.6 Å². The average molecular weight is 440 g/mol. The molecule has 0 radical (unpaired) electrons. The van der Waals surface area contributed by atoms with Crippen LogP contribution in [0, 0.1) is 5.92 Å². The number of aromatic nitrogens is 5. The summed E-state index contributed by atoms with van der Waals surface area (Å²) in [5.74, 6) is -0.171. The minimum Gasteiger partial charge on any atom is -0.340 e. The number of rotatable bonds is 6. The van der Waals surface area contributed by atoms with Crippen LogP contribution in [0.4, 0.5) is 22.0 Å². The van der Waals surface area contributed by atoms with Crippen LogP contribution in [0.1, 0.15) is 59.9 Å². The summed E-state index contributed by atoms with van der Waals surface area (Å²) in [7, 11) is 0. The summed E-state index contributed by atoms with van der Waals surface area (Å²) >= 11 is 0. The lowest BCUT2D eigenvalue weighted by Gasteiger charge is -2.19. The Morgan fingerprint density at radius 3 is 2.48 bits per heavy atom. The number of imidazole rings is 1. The van der Waals surface area contributed by atoms with E-state index in [0.717, 1.165) is 37.5 Å². The fraction of sp³-hybridized carbons (Fsp3) is 0.421. The van der Waals surface area contributed by atoms with Crippen molar-refractivity contribution in [3.8, 4) is 0 Å². The number of fused-ring (bicyclic) bond motifs is 1. The zero-order valence-electron chi connectivity index (χ0n) is 16.2. The Hall–Kier alpha value is -3.18. The highest BCUT2D eigenvalue weighted by Crippen LogP contribution is 2.42. The van der Waals surface area contributed by atoms with Gasteiger partial charge in [0.25, 0.3) is 12.3 Å². The van der Waals surface area contributed by atoms with Crippen molar-refractivity contribution >= 4 is 16.9 Å². The van der Waals surface area contributed by atoms with E-state index >= 15 is 0 Å². The molecule has 1 aliphatic carbocycles. The monoisotopic (exact) mass is 440 g/mol. The fourth-order valence-corrected chi connectivity index (χ4v) is 3.38. The number of halogens is 5. The Labute approximate surface area is 172 Å². The number of hydrogen-bond donors (Lipinski definition) is 1. The van der Waals surface area contributed by atoms with Crippen LogP contribution < -0.4 is 5.32 Å². The van der Waals surface area contributed by atoms with Gasteiger partial charge in [-0.25, -0.2) is 23.7 Å². The highest BCUT2D eigenvalue weighted by molar-refractivity contribution is 5.92. The SMILES string of the molecule is CCn1c([C@@H](NC(=O)c2cnc(C(F)F)cn2)C2CC2)nc2cnc(C(F)(F)F)cc21. The Balaban J connectivity index is 1.67. The van der Waals surface area contributed by atoms with Gasteiger partial charge in [-0.15, -0.1) is 0 Å².